The van der Waals surface area contributed by atoms with Gasteiger partial charge in [-0.25, -0.2) is 4.79 Å². The summed E-state index contributed by atoms with van der Waals surface area (Å²) >= 11 is 1.14. The third-order valence-electron chi connectivity index (χ3n) is 6.18. The molecule has 5 nitrogen and oxygen atoms in total. The number of carbonyl (C=O) groups is 2. The van der Waals surface area contributed by atoms with Crippen molar-refractivity contribution in [2.45, 2.75) is 63.5 Å². The number of halogens is 2. The number of alkyl halides is 2. The Bertz CT molecular complexity index is 1120. The quantitative estimate of drug-likeness (QED) is 0.319. The number of carboxylic acids is 1. The van der Waals surface area contributed by atoms with E-state index < -0.39 is 36.4 Å². The molecule has 1 aromatic carbocycles. The van der Waals surface area contributed by atoms with Crippen LogP contribution in [0.2, 0.25) is 0 Å². The molecular formula is C28H31F2NO4S. The van der Waals surface area contributed by atoms with Crippen molar-refractivity contribution in [3.05, 3.63) is 69.9 Å². The van der Waals surface area contributed by atoms with Crippen molar-refractivity contribution in [2.75, 3.05) is 6.54 Å². The lowest BCUT2D eigenvalue weighted by molar-refractivity contribution is -0.148. The maximum absolute atomic E-state index is 14.2. The van der Waals surface area contributed by atoms with E-state index in [1.54, 1.807) is 6.07 Å². The van der Waals surface area contributed by atoms with Crippen LogP contribution >= 0.6 is 11.3 Å². The van der Waals surface area contributed by atoms with Gasteiger partial charge in [-0.2, -0.15) is 8.78 Å². The molecule has 0 saturated carbocycles. The van der Waals surface area contributed by atoms with Crippen molar-refractivity contribution in [3.8, 4) is 11.8 Å². The molecule has 2 heterocycles. The van der Waals surface area contributed by atoms with Crippen molar-refractivity contribution < 1.29 is 28.6 Å². The lowest BCUT2D eigenvalue weighted by Crippen LogP contribution is -2.36. The summed E-state index contributed by atoms with van der Waals surface area (Å²) in [6, 6.07) is 12.5. The number of aromatic carboxylic acids is 1. The fourth-order valence-corrected chi connectivity index (χ4v) is 4.92. The molecule has 1 fully saturated rings. The lowest BCUT2D eigenvalue weighted by Gasteiger charge is -2.22. The van der Waals surface area contributed by atoms with Crippen molar-refractivity contribution in [1.29, 1.82) is 0 Å². The summed E-state index contributed by atoms with van der Waals surface area (Å²) in [6.07, 6.45) is 4.48. The van der Waals surface area contributed by atoms with Gasteiger partial charge >= 0.3 is 11.9 Å². The first-order valence-electron chi connectivity index (χ1n) is 12.0. The van der Waals surface area contributed by atoms with Crippen LogP contribution in [0.15, 0.2) is 54.6 Å². The molecule has 2 aromatic rings. The first kappa shape index (κ1) is 27.6. The maximum Gasteiger partial charge on any atom is 0.345 e. The van der Waals surface area contributed by atoms with Gasteiger partial charge in [0, 0.05) is 30.7 Å². The molecule has 0 unspecified atom stereocenters. The first-order chi connectivity index (χ1) is 17.2. The van der Waals surface area contributed by atoms with E-state index in [-0.39, 0.29) is 17.3 Å². The first-order valence-corrected chi connectivity index (χ1v) is 12.9. The SMILES string of the molecule is C[C@@H](CC#CCCc1ccccc1)[C@H](O)C=C[C@H]1CC(F)(F)C(=O)N1CCCc1ccc(C(=O)O)s1. The highest BCUT2D eigenvalue weighted by Crippen LogP contribution is 2.34. The van der Waals surface area contributed by atoms with Crippen molar-refractivity contribution in [3.63, 3.8) is 0 Å². The van der Waals surface area contributed by atoms with E-state index in [9.17, 15) is 23.5 Å². The summed E-state index contributed by atoms with van der Waals surface area (Å²) in [5.74, 6) is 0.370. The zero-order valence-electron chi connectivity index (χ0n) is 20.2. The number of carboxylic acid groups (broad SMARTS) is 1. The molecule has 3 atom stereocenters. The number of thiophene rings is 1. The molecule has 0 bridgehead atoms. The van der Waals surface area contributed by atoms with Crippen LogP contribution < -0.4 is 0 Å². The van der Waals surface area contributed by atoms with E-state index in [1.165, 1.54) is 23.8 Å². The van der Waals surface area contributed by atoms with Gasteiger partial charge in [0.2, 0.25) is 0 Å². The molecular weight excluding hydrogens is 484 g/mol. The van der Waals surface area contributed by atoms with Gasteiger partial charge in [-0.1, -0.05) is 49.4 Å². The molecule has 0 spiro atoms. The van der Waals surface area contributed by atoms with Gasteiger partial charge < -0.3 is 15.1 Å². The minimum Gasteiger partial charge on any atom is -0.477 e. The predicted octanol–water partition coefficient (Wildman–Crippen LogP) is 5.19. The number of aliphatic hydroxyl groups is 1. The number of nitrogens with zero attached hydrogens (tertiary/aromatic N) is 1. The summed E-state index contributed by atoms with van der Waals surface area (Å²) in [5.41, 5.74) is 1.22. The number of hydrogen-bond donors (Lipinski definition) is 2. The molecule has 0 radical (unpaired) electrons. The normalized spacial score (nSPS) is 18.7. The standard InChI is InChI=1S/C28H31F2NO4S/c1-20(9-4-2-5-10-21-11-6-3-7-12-21)24(32)16-14-22-19-28(29,30)27(35)31(22)18-8-13-23-15-17-25(36-23)26(33)34/h3,6-7,11-12,14-17,20,22,24,32H,5,8-10,13,18-19H2,1H3,(H,33,34)/t20-,22-,24+/m0/s1. The molecule has 192 valence electrons. The minimum atomic E-state index is -3.44. The maximum atomic E-state index is 14.2. The van der Waals surface area contributed by atoms with Gasteiger partial charge in [0.1, 0.15) is 4.88 Å². The number of amides is 1. The Labute approximate surface area is 214 Å². The average molecular weight is 516 g/mol. The zero-order chi connectivity index (χ0) is 26.1. The van der Waals surface area contributed by atoms with Gasteiger partial charge in [0.15, 0.2) is 0 Å². The minimum absolute atomic E-state index is 0.127. The van der Waals surface area contributed by atoms with Crippen molar-refractivity contribution in [2.24, 2.45) is 5.92 Å². The van der Waals surface area contributed by atoms with Gasteiger partial charge in [0.25, 0.3) is 5.91 Å². The van der Waals surface area contributed by atoms with Crippen LogP contribution in [0.4, 0.5) is 8.78 Å². The Morgan fingerprint density at radius 1 is 1.22 bits per heavy atom. The van der Waals surface area contributed by atoms with Crippen LogP contribution in [0.1, 0.15) is 52.7 Å². The largest absolute Gasteiger partial charge is 0.477 e. The van der Waals surface area contributed by atoms with Crippen LogP contribution in [0.5, 0.6) is 0 Å². The summed E-state index contributed by atoms with van der Waals surface area (Å²) in [6.45, 7) is 1.97. The fraction of sp³-hybridized carbons (Fsp3) is 0.429. The van der Waals surface area contributed by atoms with Crippen LogP contribution in [0.25, 0.3) is 0 Å². The molecule has 1 amide bonds. The Hall–Kier alpha value is -3.02. The van der Waals surface area contributed by atoms with E-state index in [2.05, 4.69) is 24.0 Å². The Kier molecular flexibility index (Phi) is 9.80. The van der Waals surface area contributed by atoms with Gasteiger partial charge in [0.05, 0.1) is 12.1 Å². The van der Waals surface area contributed by atoms with Crippen LogP contribution in [0.3, 0.4) is 0 Å². The molecule has 1 aliphatic rings. The van der Waals surface area contributed by atoms with Crippen LogP contribution in [-0.4, -0.2) is 51.6 Å². The number of aryl methyl sites for hydroxylation is 2. The van der Waals surface area contributed by atoms with Gasteiger partial charge in [-0.3, -0.25) is 4.79 Å². The topological polar surface area (TPSA) is 77.8 Å². The summed E-state index contributed by atoms with van der Waals surface area (Å²) in [5, 5.41) is 19.5. The van der Waals surface area contributed by atoms with E-state index in [0.29, 0.717) is 19.3 Å². The zero-order valence-corrected chi connectivity index (χ0v) is 21.0. The molecule has 1 aliphatic heterocycles. The lowest BCUT2D eigenvalue weighted by atomic mass is 9.99. The molecule has 1 aromatic heterocycles. The van der Waals surface area contributed by atoms with Gasteiger partial charge in [-0.05, 0) is 42.9 Å². The molecule has 3 rings (SSSR count). The second kappa shape index (κ2) is 12.8. The highest BCUT2D eigenvalue weighted by Gasteiger charge is 2.52. The Morgan fingerprint density at radius 2 is 1.97 bits per heavy atom. The number of carbonyl (C=O) groups excluding carboxylic acids is 1. The second-order valence-electron chi connectivity index (χ2n) is 9.05. The van der Waals surface area contributed by atoms with Crippen molar-refractivity contribution in [1.82, 2.24) is 4.90 Å². The van der Waals surface area contributed by atoms with E-state index in [0.717, 1.165) is 34.0 Å². The summed E-state index contributed by atoms with van der Waals surface area (Å²) in [7, 11) is 0. The molecule has 36 heavy (non-hydrogen) atoms. The summed E-state index contributed by atoms with van der Waals surface area (Å²) in [4.78, 5) is 25.5. The molecule has 8 heteroatoms. The summed E-state index contributed by atoms with van der Waals surface area (Å²) < 4.78 is 28.3. The number of rotatable bonds is 11. The fourth-order valence-electron chi connectivity index (χ4n) is 4.04. The molecule has 1 saturated heterocycles. The number of hydrogen-bond acceptors (Lipinski definition) is 4. The average Bonchev–Trinajstić information content (AvgIpc) is 3.41. The van der Waals surface area contributed by atoms with Gasteiger partial charge in [-0.15, -0.1) is 23.2 Å². The Balaban J connectivity index is 1.49. The third-order valence-corrected chi connectivity index (χ3v) is 7.31. The molecule has 2 N–H and O–H groups in total. The smallest absolute Gasteiger partial charge is 0.345 e. The number of benzene rings is 1. The predicted molar refractivity (Wildman–Crippen MR) is 136 cm³/mol. The third kappa shape index (κ3) is 7.74. The van der Waals surface area contributed by atoms with E-state index in [4.69, 9.17) is 5.11 Å². The highest BCUT2D eigenvalue weighted by atomic mass is 32.1. The van der Waals surface area contributed by atoms with Crippen LogP contribution in [0, 0.1) is 17.8 Å². The highest BCUT2D eigenvalue weighted by molar-refractivity contribution is 7.13. The molecule has 0 aliphatic carbocycles. The monoisotopic (exact) mass is 515 g/mol. The number of aliphatic hydroxyl groups excluding tert-OH is 1. The van der Waals surface area contributed by atoms with Crippen LogP contribution in [-0.2, 0) is 17.6 Å². The van der Waals surface area contributed by atoms with Crippen molar-refractivity contribution >= 4 is 23.2 Å². The Morgan fingerprint density at radius 3 is 2.67 bits per heavy atom. The van der Waals surface area contributed by atoms with E-state index >= 15 is 0 Å². The number of likely N-dealkylation sites (tertiary alicyclic amines) is 1. The van der Waals surface area contributed by atoms with E-state index in [1.807, 2.05) is 25.1 Å². The second-order valence-corrected chi connectivity index (χ2v) is 10.2.